The third-order valence-corrected chi connectivity index (χ3v) is 2.19. The van der Waals surface area contributed by atoms with Gasteiger partial charge < -0.3 is 5.11 Å². The Morgan fingerprint density at radius 1 is 1.12 bits per heavy atom. The number of hydrogen-bond donors (Lipinski definition) is 2. The molecule has 0 saturated carbocycles. The van der Waals surface area contributed by atoms with Crippen molar-refractivity contribution < 1.29 is 39.8 Å². The third-order valence-electron chi connectivity index (χ3n) is 1.32. The average Bonchev–Trinajstić information content (AvgIpc) is 2.01. The van der Waals surface area contributed by atoms with Gasteiger partial charge in [-0.1, -0.05) is 17.7 Å². The van der Waals surface area contributed by atoms with Crippen LogP contribution in [0.1, 0.15) is 19.4 Å². The molecule has 0 aliphatic rings. The predicted molar refractivity (Wildman–Crippen MR) is 58.3 cm³/mol. The van der Waals surface area contributed by atoms with E-state index in [2.05, 4.69) is 0 Å². The van der Waals surface area contributed by atoms with Gasteiger partial charge in [0.1, 0.15) is 0 Å². The van der Waals surface area contributed by atoms with Crippen LogP contribution in [0.25, 0.3) is 0 Å². The van der Waals surface area contributed by atoms with Crippen LogP contribution in [0.3, 0.4) is 0 Å². The smallest absolute Gasteiger partial charge is 0.294 e. The van der Waals surface area contributed by atoms with E-state index in [0.717, 1.165) is 5.56 Å². The second-order valence-electron chi connectivity index (χ2n) is 3.38. The molecule has 1 rings (SSSR count). The van der Waals surface area contributed by atoms with Crippen molar-refractivity contribution in [2.24, 2.45) is 0 Å². The molecule has 16 heavy (non-hydrogen) atoms. The summed E-state index contributed by atoms with van der Waals surface area (Å²) in [6.07, 6.45) is -0.167. The summed E-state index contributed by atoms with van der Waals surface area (Å²) in [5.41, 5.74) is 0.956. The zero-order valence-electron chi connectivity index (χ0n) is 9.51. The number of aryl methyl sites for hydroxylation is 1. The summed E-state index contributed by atoms with van der Waals surface area (Å²) in [5, 5.41) is 8.06. The van der Waals surface area contributed by atoms with E-state index in [1.54, 1.807) is 26.0 Å². The molecule has 1 aromatic rings. The van der Waals surface area contributed by atoms with E-state index in [1.165, 1.54) is 12.1 Å². The zero-order valence-corrected chi connectivity index (χ0v) is 11.9. The van der Waals surface area contributed by atoms with E-state index in [9.17, 15) is 8.42 Å². The summed E-state index contributed by atoms with van der Waals surface area (Å²) < 4.78 is 29.6. The van der Waals surface area contributed by atoms with Crippen LogP contribution >= 0.6 is 0 Å². The summed E-state index contributed by atoms with van der Waals surface area (Å²) in [6.45, 7) is 5.29. The van der Waals surface area contributed by atoms with Crippen molar-refractivity contribution in [3.8, 4) is 0 Å². The fourth-order valence-corrected chi connectivity index (χ4v) is 1.19. The van der Waals surface area contributed by atoms with Crippen molar-refractivity contribution in [2.75, 3.05) is 0 Å². The maximum absolute atomic E-state index is 10.5. The minimum Gasteiger partial charge on any atom is -0.394 e. The molecule has 1 aromatic carbocycles. The summed E-state index contributed by atoms with van der Waals surface area (Å²) in [6, 6.07) is 5.99. The molecule has 0 atom stereocenters. The van der Waals surface area contributed by atoms with Gasteiger partial charge in [0, 0.05) is 27.8 Å². The zero-order chi connectivity index (χ0) is 12.1. The van der Waals surface area contributed by atoms with Crippen LogP contribution in [-0.2, 0) is 31.8 Å². The summed E-state index contributed by atoms with van der Waals surface area (Å²) >= 11 is 0. The van der Waals surface area contributed by atoms with Crippen molar-refractivity contribution in [3.63, 3.8) is 0 Å². The Hall–Kier alpha value is -0.196. The first-order valence-electron chi connectivity index (χ1n) is 4.45. The van der Waals surface area contributed by atoms with Crippen molar-refractivity contribution in [1.82, 2.24) is 0 Å². The predicted octanol–water partition coefficient (Wildman–Crippen LogP) is 1.63. The molecule has 90 valence electrons. The molecular weight excluding hydrogens is 264 g/mol. The van der Waals surface area contributed by atoms with Gasteiger partial charge in [-0.2, -0.15) is 8.42 Å². The Bertz CT molecular complexity index is 381. The van der Waals surface area contributed by atoms with E-state index in [1.807, 2.05) is 6.92 Å². The topological polar surface area (TPSA) is 74.6 Å². The average molecular weight is 280 g/mol. The Kier molecular flexibility index (Phi) is 9.06. The van der Waals surface area contributed by atoms with E-state index < -0.39 is 10.1 Å². The van der Waals surface area contributed by atoms with Crippen LogP contribution in [0.2, 0.25) is 0 Å². The van der Waals surface area contributed by atoms with Crippen LogP contribution < -0.4 is 0 Å². The molecule has 0 saturated heterocycles. The Morgan fingerprint density at radius 2 is 1.44 bits per heavy atom. The summed E-state index contributed by atoms with van der Waals surface area (Å²) in [5.74, 6) is 0. The first-order chi connectivity index (χ1) is 6.73. The van der Waals surface area contributed by atoms with Crippen LogP contribution in [0, 0.1) is 6.92 Å². The molecular formula is C10H16O4STi. The van der Waals surface area contributed by atoms with Crippen molar-refractivity contribution in [3.05, 3.63) is 29.8 Å². The number of benzene rings is 1. The van der Waals surface area contributed by atoms with Crippen molar-refractivity contribution in [1.29, 1.82) is 0 Å². The molecule has 0 amide bonds. The Balaban J connectivity index is 0. The quantitative estimate of drug-likeness (QED) is 0.605. The van der Waals surface area contributed by atoms with Gasteiger partial charge in [0.15, 0.2) is 0 Å². The molecule has 0 heterocycles. The van der Waals surface area contributed by atoms with Gasteiger partial charge in [-0.15, -0.1) is 0 Å². The molecule has 0 spiro atoms. The molecule has 0 fully saturated rings. The first-order valence-corrected chi connectivity index (χ1v) is 5.89. The van der Waals surface area contributed by atoms with Gasteiger partial charge in [-0.3, -0.25) is 4.55 Å². The Labute approximate surface area is 111 Å². The van der Waals surface area contributed by atoms with Gasteiger partial charge in [-0.05, 0) is 32.9 Å². The van der Waals surface area contributed by atoms with Gasteiger partial charge in [0.05, 0.1) is 4.90 Å². The maximum Gasteiger partial charge on any atom is 0.294 e. The fourth-order valence-electron chi connectivity index (χ4n) is 0.710. The van der Waals surface area contributed by atoms with E-state index >= 15 is 0 Å². The molecule has 0 aromatic heterocycles. The normalized spacial score (nSPS) is 10.1. The van der Waals surface area contributed by atoms with Gasteiger partial charge in [0.2, 0.25) is 0 Å². The Morgan fingerprint density at radius 3 is 1.69 bits per heavy atom. The van der Waals surface area contributed by atoms with Gasteiger partial charge >= 0.3 is 0 Å². The van der Waals surface area contributed by atoms with Gasteiger partial charge in [0.25, 0.3) is 10.1 Å². The van der Waals surface area contributed by atoms with E-state index in [4.69, 9.17) is 9.66 Å². The second kappa shape index (κ2) is 7.98. The number of hydrogen-bond acceptors (Lipinski definition) is 3. The molecule has 4 nitrogen and oxygen atoms in total. The monoisotopic (exact) mass is 280 g/mol. The number of rotatable bonds is 1. The molecule has 0 aliphatic carbocycles. The van der Waals surface area contributed by atoms with Crippen LogP contribution in [0.4, 0.5) is 0 Å². The van der Waals surface area contributed by atoms with E-state index in [0.29, 0.717) is 0 Å². The second-order valence-corrected chi connectivity index (χ2v) is 4.80. The molecule has 2 N–H and O–H groups in total. The number of aliphatic hydroxyl groups is 1. The van der Waals surface area contributed by atoms with Crippen LogP contribution in [0.5, 0.6) is 0 Å². The van der Waals surface area contributed by atoms with Crippen LogP contribution in [0.15, 0.2) is 29.2 Å². The summed E-state index contributed by atoms with van der Waals surface area (Å²) in [4.78, 5) is -0.0666. The van der Waals surface area contributed by atoms with Crippen molar-refractivity contribution in [2.45, 2.75) is 31.8 Å². The van der Waals surface area contributed by atoms with E-state index in [-0.39, 0.29) is 32.7 Å². The van der Waals surface area contributed by atoms with Crippen LogP contribution in [-0.4, -0.2) is 24.2 Å². The fraction of sp³-hybridized carbons (Fsp3) is 0.400. The molecule has 0 unspecified atom stereocenters. The minimum atomic E-state index is -4.02. The SMILES string of the molecule is CC(C)O.Cc1ccc(S(=O)(=O)O)cc1.[Ti]. The maximum atomic E-state index is 10.5. The molecule has 0 bridgehead atoms. The first kappa shape index (κ1) is 18.2. The molecule has 6 heteroatoms. The minimum absolute atomic E-state index is 0. The standard InChI is InChI=1S/C7H8O3S.C3H8O.Ti/c1-6-2-4-7(5-3-6)11(8,9)10;1-3(2)4;/h2-5H,1H3,(H,8,9,10);3-4H,1-2H3;. The number of aliphatic hydroxyl groups excluding tert-OH is 1. The molecule has 0 aliphatic heterocycles. The van der Waals surface area contributed by atoms with Gasteiger partial charge in [-0.25, -0.2) is 0 Å². The third kappa shape index (κ3) is 9.06. The molecule has 0 radical (unpaired) electrons. The van der Waals surface area contributed by atoms with Crippen molar-refractivity contribution >= 4 is 10.1 Å². The summed E-state index contributed by atoms with van der Waals surface area (Å²) in [7, 11) is -4.02. The largest absolute Gasteiger partial charge is 0.394 e.